The van der Waals surface area contributed by atoms with E-state index in [9.17, 15) is 14.0 Å². The first-order chi connectivity index (χ1) is 18.5. The molecule has 0 radical (unpaired) electrons. The van der Waals surface area contributed by atoms with E-state index in [1.165, 1.54) is 18.2 Å². The van der Waals surface area contributed by atoms with Crippen LogP contribution in [0, 0.1) is 12.7 Å². The maximum atomic E-state index is 14.0. The topological polar surface area (TPSA) is 74.9 Å². The van der Waals surface area contributed by atoms with Crippen LogP contribution in [-0.2, 0) is 19.5 Å². The van der Waals surface area contributed by atoms with Crippen molar-refractivity contribution in [2.75, 3.05) is 0 Å². The molecule has 0 saturated carbocycles. The molecule has 6 nitrogen and oxygen atoms in total. The Hall–Kier alpha value is -4.52. The van der Waals surface area contributed by atoms with Gasteiger partial charge in [-0.05, 0) is 43.0 Å². The molecule has 0 saturated heterocycles. The van der Waals surface area contributed by atoms with Crippen LogP contribution in [0.15, 0.2) is 94.4 Å². The highest BCUT2D eigenvalue weighted by atomic mass is 19.1. The Kier molecular flexibility index (Phi) is 7.45. The van der Waals surface area contributed by atoms with Crippen LogP contribution >= 0.6 is 0 Å². The molecule has 0 bridgehead atoms. The number of rotatable bonds is 7. The summed E-state index contributed by atoms with van der Waals surface area (Å²) < 4.78 is 20.2. The van der Waals surface area contributed by atoms with Crippen molar-refractivity contribution in [2.24, 2.45) is 5.10 Å². The number of hydrogen-bond acceptors (Lipinski definition) is 4. The molecule has 1 aliphatic rings. The molecule has 0 spiro atoms. The second-order valence-corrected chi connectivity index (χ2v) is 9.32. The highest BCUT2D eigenvalue weighted by Crippen LogP contribution is 2.31. The summed E-state index contributed by atoms with van der Waals surface area (Å²) in [4.78, 5) is 28.2. The van der Waals surface area contributed by atoms with Gasteiger partial charge in [0.1, 0.15) is 11.6 Å². The number of furan rings is 1. The number of amides is 2. The molecule has 1 N–H and O–H groups in total. The fraction of sp³-hybridized carbons (Fsp3) is 0.194. The van der Waals surface area contributed by atoms with E-state index < -0.39 is 11.7 Å². The van der Waals surface area contributed by atoms with Crippen molar-refractivity contribution in [3.8, 4) is 0 Å². The van der Waals surface area contributed by atoms with E-state index in [1.807, 2.05) is 67.6 Å². The Balaban J connectivity index is 1.43. The number of benzene rings is 3. The van der Waals surface area contributed by atoms with E-state index >= 15 is 0 Å². The number of fused-ring (bicyclic) bond motifs is 1. The van der Waals surface area contributed by atoms with Gasteiger partial charge in [0.25, 0.3) is 11.8 Å². The van der Waals surface area contributed by atoms with Crippen LogP contribution in [-0.4, -0.2) is 22.4 Å². The fourth-order valence-electron chi connectivity index (χ4n) is 4.76. The lowest BCUT2D eigenvalue weighted by Gasteiger charge is -2.22. The summed E-state index contributed by atoms with van der Waals surface area (Å²) >= 11 is 0. The van der Waals surface area contributed by atoms with Gasteiger partial charge >= 0.3 is 0 Å². The van der Waals surface area contributed by atoms with Gasteiger partial charge in [-0.2, -0.15) is 5.10 Å². The highest BCUT2D eigenvalue weighted by molar-refractivity contribution is 6.07. The number of hydrazone groups is 1. The van der Waals surface area contributed by atoms with Crippen LogP contribution in [0.25, 0.3) is 0 Å². The van der Waals surface area contributed by atoms with E-state index in [2.05, 4.69) is 10.5 Å². The lowest BCUT2D eigenvalue weighted by molar-refractivity contribution is 0.0694. The van der Waals surface area contributed by atoms with E-state index in [0.717, 1.165) is 23.1 Å². The maximum absolute atomic E-state index is 14.0. The van der Waals surface area contributed by atoms with Crippen LogP contribution in [0.1, 0.15) is 61.8 Å². The summed E-state index contributed by atoms with van der Waals surface area (Å²) in [5, 5.41) is 4.32. The monoisotopic (exact) mass is 509 g/mol. The Morgan fingerprint density at radius 1 is 0.895 bits per heavy atom. The Labute approximate surface area is 220 Å². The Bertz CT molecular complexity index is 1440. The molecule has 1 aromatic heterocycles. The zero-order valence-corrected chi connectivity index (χ0v) is 21.1. The number of halogens is 1. The highest BCUT2D eigenvalue weighted by Gasteiger charge is 2.30. The lowest BCUT2D eigenvalue weighted by Crippen LogP contribution is -2.30. The van der Waals surface area contributed by atoms with Crippen molar-refractivity contribution in [3.05, 3.63) is 130 Å². The number of hydrogen-bond donors (Lipinski definition) is 1. The second-order valence-electron chi connectivity index (χ2n) is 9.32. The first kappa shape index (κ1) is 25.1. The molecular weight excluding hydrogens is 481 g/mol. The zero-order chi connectivity index (χ0) is 26.5. The minimum absolute atomic E-state index is 0.0786. The van der Waals surface area contributed by atoms with Gasteiger partial charge in [-0.1, -0.05) is 72.8 Å². The molecule has 4 aromatic rings. The van der Waals surface area contributed by atoms with Gasteiger partial charge in [0.2, 0.25) is 0 Å². The molecule has 3 aromatic carbocycles. The van der Waals surface area contributed by atoms with Crippen LogP contribution in [0.5, 0.6) is 0 Å². The first-order valence-corrected chi connectivity index (χ1v) is 12.6. The van der Waals surface area contributed by atoms with Crippen LogP contribution in [0.4, 0.5) is 4.39 Å². The van der Waals surface area contributed by atoms with Crippen LogP contribution in [0.3, 0.4) is 0 Å². The van der Waals surface area contributed by atoms with Crippen molar-refractivity contribution < 1.29 is 18.4 Å². The molecule has 2 amide bonds. The number of aryl methyl sites for hydroxylation is 1. The van der Waals surface area contributed by atoms with Crippen molar-refractivity contribution in [3.63, 3.8) is 0 Å². The average Bonchev–Trinajstić information content (AvgIpc) is 3.29. The summed E-state index contributed by atoms with van der Waals surface area (Å²) in [6.07, 6.45) is 2.04. The third-order valence-corrected chi connectivity index (χ3v) is 6.65. The molecule has 0 fully saturated rings. The molecule has 0 unspecified atom stereocenters. The SMILES string of the molecule is Cc1c(C(=O)N(Cc2ccccc2)Cc2ccccc2)oc2c1/C(=N/NC(=O)c1ccccc1F)CCC2. The van der Waals surface area contributed by atoms with Gasteiger partial charge in [0, 0.05) is 30.6 Å². The number of carbonyl (C=O) groups is 2. The van der Waals surface area contributed by atoms with Crippen LogP contribution in [0.2, 0.25) is 0 Å². The molecular formula is C31H28FN3O3. The zero-order valence-electron chi connectivity index (χ0n) is 21.1. The quantitative estimate of drug-likeness (QED) is 0.309. The van der Waals surface area contributed by atoms with Crippen molar-refractivity contribution in [1.29, 1.82) is 0 Å². The number of nitrogens with one attached hydrogen (secondary N) is 1. The summed E-state index contributed by atoms with van der Waals surface area (Å²) in [6.45, 7) is 2.70. The minimum atomic E-state index is -0.628. The normalized spacial score (nSPS) is 13.7. The smallest absolute Gasteiger partial charge is 0.290 e. The molecule has 5 rings (SSSR count). The second kappa shape index (κ2) is 11.3. The van der Waals surface area contributed by atoms with Crippen molar-refractivity contribution in [2.45, 2.75) is 39.3 Å². The van der Waals surface area contributed by atoms with Gasteiger partial charge in [-0.3, -0.25) is 9.59 Å². The third kappa shape index (κ3) is 5.42. The van der Waals surface area contributed by atoms with Gasteiger partial charge in [0.05, 0.1) is 11.3 Å². The van der Waals surface area contributed by atoms with Crippen molar-refractivity contribution in [1.82, 2.24) is 10.3 Å². The minimum Gasteiger partial charge on any atom is -0.455 e. The third-order valence-electron chi connectivity index (χ3n) is 6.65. The number of nitrogens with zero attached hydrogens (tertiary/aromatic N) is 2. The molecule has 0 atom stereocenters. The largest absolute Gasteiger partial charge is 0.455 e. The predicted octanol–water partition coefficient (Wildman–Crippen LogP) is 6.04. The van der Waals surface area contributed by atoms with Gasteiger partial charge < -0.3 is 9.32 Å². The van der Waals surface area contributed by atoms with E-state index in [-0.39, 0.29) is 17.2 Å². The summed E-state index contributed by atoms with van der Waals surface area (Å²) in [5.74, 6) is -0.498. The van der Waals surface area contributed by atoms with Crippen LogP contribution < -0.4 is 5.43 Å². The van der Waals surface area contributed by atoms with Gasteiger partial charge in [0.15, 0.2) is 5.76 Å². The summed E-state index contributed by atoms with van der Waals surface area (Å²) in [6, 6.07) is 25.5. The molecule has 1 aliphatic carbocycles. The van der Waals surface area contributed by atoms with Gasteiger partial charge in [-0.15, -0.1) is 0 Å². The first-order valence-electron chi connectivity index (χ1n) is 12.6. The Morgan fingerprint density at radius 2 is 1.50 bits per heavy atom. The summed E-state index contributed by atoms with van der Waals surface area (Å²) in [7, 11) is 0. The number of carbonyl (C=O) groups excluding carboxylic acids is 2. The standard InChI is InChI=1S/C31H28FN3O3/c1-21-28-26(33-34-30(36)24-15-8-9-16-25(24)32)17-10-18-27(28)38-29(21)31(37)35(19-22-11-4-2-5-12-22)20-23-13-6-3-7-14-23/h2-9,11-16H,10,17-20H2,1H3,(H,34,36)/b33-26+. The molecule has 7 heteroatoms. The van der Waals surface area contributed by atoms with E-state index in [1.54, 1.807) is 11.0 Å². The molecule has 1 heterocycles. The fourth-order valence-corrected chi connectivity index (χ4v) is 4.76. The molecule has 0 aliphatic heterocycles. The molecule has 38 heavy (non-hydrogen) atoms. The van der Waals surface area contributed by atoms with Crippen molar-refractivity contribution >= 4 is 17.5 Å². The maximum Gasteiger partial charge on any atom is 0.290 e. The Morgan fingerprint density at radius 3 is 2.13 bits per heavy atom. The summed E-state index contributed by atoms with van der Waals surface area (Å²) in [5.41, 5.74) is 6.48. The van der Waals surface area contributed by atoms with E-state index in [4.69, 9.17) is 4.42 Å². The van der Waals surface area contributed by atoms with Gasteiger partial charge in [-0.25, -0.2) is 9.82 Å². The lowest BCUT2D eigenvalue weighted by atomic mass is 9.93. The molecule has 192 valence electrons. The average molecular weight is 510 g/mol. The van der Waals surface area contributed by atoms with E-state index in [0.29, 0.717) is 43.0 Å². The predicted molar refractivity (Wildman–Crippen MR) is 143 cm³/mol.